The second-order valence-corrected chi connectivity index (χ2v) is 6.19. The summed E-state index contributed by atoms with van der Waals surface area (Å²) in [7, 11) is 1.30. The van der Waals surface area contributed by atoms with Gasteiger partial charge in [0.25, 0.3) is 17.2 Å². The summed E-state index contributed by atoms with van der Waals surface area (Å²) in [6, 6.07) is 3.36. The predicted octanol–water partition coefficient (Wildman–Crippen LogP) is 1.76. The quantitative estimate of drug-likeness (QED) is 0.563. The summed E-state index contributed by atoms with van der Waals surface area (Å²) in [6.45, 7) is 2.21. The molecular formula is C16H18ClN5O5. The van der Waals surface area contributed by atoms with Gasteiger partial charge in [-0.25, -0.2) is 4.79 Å². The minimum atomic E-state index is -0.820. The fraction of sp³-hybridized carbons (Fsp3) is 0.312. The van der Waals surface area contributed by atoms with Crippen molar-refractivity contribution < 1.29 is 9.72 Å². The van der Waals surface area contributed by atoms with Crippen LogP contribution in [-0.4, -0.2) is 27.4 Å². The van der Waals surface area contributed by atoms with Gasteiger partial charge in [-0.05, 0) is 12.5 Å². The maximum atomic E-state index is 12.7. The predicted molar refractivity (Wildman–Crippen MR) is 101 cm³/mol. The Morgan fingerprint density at radius 2 is 2.07 bits per heavy atom. The third-order valence-corrected chi connectivity index (χ3v) is 4.30. The molecule has 0 atom stereocenters. The monoisotopic (exact) mass is 395 g/mol. The van der Waals surface area contributed by atoms with Crippen molar-refractivity contribution in [2.24, 2.45) is 0 Å². The largest absolute Gasteiger partial charge is 0.383 e. The minimum Gasteiger partial charge on any atom is -0.383 e. The Morgan fingerprint density at radius 1 is 1.41 bits per heavy atom. The highest BCUT2D eigenvalue weighted by atomic mass is 35.5. The number of nitro groups is 1. The van der Waals surface area contributed by atoms with E-state index in [1.807, 2.05) is 6.92 Å². The molecule has 3 N–H and O–H groups in total. The van der Waals surface area contributed by atoms with Crippen molar-refractivity contribution in [3.05, 3.63) is 59.7 Å². The molecule has 0 aliphatic carbocycles. The SMILES string of the molecule is CCCCn1c(N)c(N(C)C(=O)c2ccc([N+](=O)[O-])cc2Cl)c(=O)[nH]c1=O. The Bertz CT molecular complexity index is 1010. The fourth-order valence-corrected chi connectivity index (χ4v) is 2.77. The van der Waals surface area contributed by atoms with E-state index in [-0.39, 0.29) is 34.3 Å². The van der Waals surface area contributed by atoms with Gasteiger partial charge in [0, 0.05) is 25.7 Å². The number of hydrogen-bond acceptors (Lipinski definition) is 6. The van der Waals surface area contributed by atoms with Crippen LogP contribution in [0.2, 0.25) is 5.02 Å². The number of unbranched alkanes of at least 4 members (excludes halogenated alkanes) is 1. The van der Waals surface area contributed by atoms with Gasteiger partial charge >= 0.3 is 5.69 Å². The number of carbonyl (C=O) groups excluding carboxylic acids is 1. The molecule has 1 aromatic carbocycles. The summed E-state index contributed by atoms with van der Waals surface area (Å²) < 4.78 is 1.18. The average Bonchev–Trinajstić information content (AvgIpc) is 2.60. The van der Waals surface area contributed by atoms with Gasteiger partial charge in [-0.3, -0.25) is 29.3 Å². The highest BCUT2D eigenvalue weighted by molar-refractivity contribution is 6.34. The normalized spacial score (nSPS) is 10.6. The molecule has 144 valence electrons. The Kier molecular flexibility index (Phi) is 6.01. The van der Waals surface area contributed by atoms with Crippen molar-refractivity contribution in [3.8, 4) is 0 Å². The zero-order chi connectivity index (χ0) is 20.3. The van der Waals surface area contributed by atoms with Gasteiger partial charge < -0.3 is 10.6 Å². The van der Waals surface area contributed by atoms with Crippen LogP contribution in [0.25, 0.3) is 0 Å². The number of rotatable bonds is 6. The van der Waals surface area contributed by atoms with Crippen LogP contribution in [0.5, 0.6) is 0 Å². The number of nitrogens with one attached hydrogen (secondary N) is 1. The van der Waals surface area contributed by atoms with E-state index < -0.39 is 22.1 Å². The molecule has 0 spiro atoms. The van der Waals surface area contributed by atoms with Crippen LogP contribution < -0.4 is 21.9 Å². The smallest absolute Gasteiger partial charge is 0.330 e. The van der Waals surface area contributed by atoms with Gasteiger partial charge in [-0.1, -0.05) is 24.9 Å². The lowest BCUT2D eigenvalue weighted by atomic mass is 10.1. The number of amides is 1. The molecule has 0 aliphatic rings. The number of nitrogen functional groups attached to an aromatic ring is 1. The zero-order valence-corrected chi connectivity index (χ0v) is 15.4. The van der Waals surface area contributed by atoms with Gasteiger partial charge in [0.15, 0.2) is 5.69 Å². The second-order valence-electron chi connectivity index (χ2n) is 5.78. The van der Waals surface area contributed by atoms with Gasteiger partial charge in [0.1, 0.15) is 5.82 Å². The Labute approximate surface area is 158 Å². The van der Waals surface area contributed by atoms with Gasteiger partial charge in [0.05, 0.1) is 15.5 Å². The van der Waals surface area contributed by atoms with Crippen LogP contribution in [0.1, 0.15) is 30.1 Å². The topological polar surface area (TPSA) is 144 Å². The maximum Gasteiger partial charge on any atom is 0.330 e. The van der Waals surface area contributed by atoms with E-state index in [1.165, 1.54) is 17.7 Å². The molecule has 2 rings (SSSR count). The average molecular weight is 396 g/mol. The third kappa shape index (κ3) is 4.00. The van der Waals surface area contributed by atoms with Crippen LogP contribution in [0.4, 0.5) is 17.2 Å². The van der Waals surface area contributed by atoms with E-state index >= 15 is 0 Å². The first-order valence-corrected chi connectivity index (χ1v) is 8.41. The molecule has 0 saturated carbocycles. The first-order chi connectivity index (χ1) is 12.7. The minimum absolute atomic E-state index is 0.0464. The Morgan fingerprint density at radius 3 is 2.63 bits per heavy atom. The number of benzene rings is 1. The van der Waals surface area contributed by atoms with Gasteiger partial charge in [-0.2, -0.15) is 0 Å². The van der Waals surface area contributed by atoms with Crippen LogP contribution in [0.15, 0.2) is 27.8 Å². The molecule has 10 nitrogen and oxygen atoms in total. The van der Waals surface area contributed by atoms with Crippen LogP contribution in [0, 0.1) is 10.1 Å². The summed E-state index contributed by atoms with van der Waals surface area (Å²) >= 11 is 5.98. The summed E-state index contributed by atoms with van der Waals surface area (Å²) in [6.07, 6.45) is 1.45. The Balaban J connectivity index is 2.50. The number of anilines is 2. The molecule has 0 fully saturated rings. The molecule has 0 radical (unpaired) electrons. The van der Waals surface area contributed by atoms with E-state index in [0.717, 1.165) is 23.5 Å². The maximum absolute atomic E-state index is 12.7. The number of aromatic amines is 1. The van der Waals surface area contributed by atoms with Crippen LogP contribution in [0.3, 0.4) is 0 Å². The van der Waals surface area contributed by atoms with Crippen LogP contribution >= 0.6 is 11.6 Å². The summed E-state index contributed by atoms with van der Waals surface area (Å²) in [4.78, 5) is 50.2. The molecule has 1 heterocycles. The number of non-ortho nitro benzene ring substituents is 1. The van der Waals surface area contributed by atoms with E-state index in [9.17, 15) is 24.5 Å². The molecule has 0 saturated heterocycles. The third-order valence-electron chi connectivity index (χ3n) is 3.98. The lowest BCUT2D eigenvalue weighted by Crippen LogP contribution is -2.39. The van der Waals surface area contributed by atoms with Crippen molar-refractivity contribution in [1.29, 1.82) is 0 Å². The standard InChI is InChI=1S/C16H18ClN5O5/c1-3-4-7-21-13(18)12(14(23)19-16(21)25)20(2)15(24)10-6-5-9(22(26)27)8-11(10)17/h5-6,8H,3-4,7,18H2,1-2H3,(H,19,23,25). The highest BCUT2D eigenvalue weighted by Gasteiger charge is 2.24. The summed E-state index contributed by atoms with van der Waals surface area (Å²) in [5, 5.41) is 10.6. The molecule has 1 aromatic heterocycles. The number of halogens is 1. The lowest BCUT2D eigenvalue weighted by molar-refractivity contribution is -0.384. The fourth-order valence-electron chi connectivity index (χ4n) is 2.51. The number of nitrogens with two attached hydrogens (primary N) is 1. The number of nitro benzene ring substituents is 1. The molecule has 1 amide bonds. The molecule has 0 bridgehead atoms. The lowest BCUT2D eigenvalue weighted by Gasteiger charge is -2.20. The summed E-state index contributed by atoms with van der Waals surface area (Å²) in [5.41, 5.74) is 3.96. The van der Waals surface area contributed by atoms with Crippen molar-refractivity contribution in [1.82, 2.24) is 9.55 Å². The molecule has 27 heavy (non-hydrogen) atoms. The highest BCUT2D eigenvalue weighted by Crippen LogP contribution is 2.25. The van der Waals surface area contributed by atoms with E-state index in [2.05, 4.69) is 4.98 Å². The van der Waals surface area contributed by atoms with Gasteiger partial charge in [-0.15, -0.1) is 0 Å². The molecule has 2 aromatic rings. The van der Waals surface area contributed by atoms with Crippen molar-refractivity contribution >= 4 is 34.7 Å². The number of nitrogens with zero attached hydrogens (tertiary/aromatic N) is 3. The van der Waals surface area contributed by atoms with E-state index in [1.54, 1.807) is 0 Å². The number of H-pyrrole nitrogens is 1. The van der Waals surface area contributed by atoms with E-state index in [4.69, 9.17) is 17.3 Å². The number of hydrogen-bond donors (Lipinski definition) is 2. The zero-order valence-electron chi connectivity index (χ0n) is 14.7. The van der Waals surface area contributed by atoms with Crippen molar-refractivity contribution in [2.45, 2.75) is 26.3 Å². The molecule has 0 aliphatic heterocycles. The van der Waals surface area contributed by atoms with Crippen LogP contribution in [-0.2, 0) is 6.54 Å². The molecule has 11 heteroatoms. The first-order valence-electron chi connectivity index (χ1n) is 8.03. The van der Waals surface area contributed by atoms with E-state index in [0.29, 0.717) is 6.42 Å². The first kappa shape index (κ1) is 20.2. The molecular weight excluding hydrogens is 378 g/mol. The molecule has 0 unspecified atom stereocenters. The second kappa shape index (κ2) is 8.04. The van der Waals surface area contributed by atoms with Crippen molar-refractivity contribution in [3.63, 3.8) is 0 Å². The number of aromatic nitrogens is 2. The Hall–Kier alpha value is -3.14. The summed E-state index contributed by atoms with van der Waals surface area (Å²) in [5.74, 6) is -0.848. The van der Waals surface area contributed by atoms with Crippen molar-refractivity contribution in [2.75, 3.05) is 17.7 Å². The number of carbonyl (C=O) groups is 1. The van der Waals surface area contributed by atoms with Gasteiger partial charge in [0.2, 0.25) is 0 Å².